The molecule has 1 amide bonds. The summed E-state index contributed by atoms with van der Waals surface area (Å²) < 4.78 is 6.35. The molecule has 6 nitrogen and oxygen atoms in total. The number of carbonyl (C=O) groups is 1. The van der Waals surface area contributed by atoms with Crippen LogP contribution < -0.4 is 16.8 Å². The van der Waals surface area contributed by atoms with Crippen LogP contribution in [0.3, 0.4) is 0 Å². The zero-order valence-electron chi connectivity index (χ0n) is 34.5. The largest absolute Gasteiger partial charge is 0.446 e. The van der Waals surface area contributed by atoms with Crippen molar-refractivity contribution in [2.24, 2.45) is 63.7 Å². The van der Waals surface area contributed by atoms with E-state index in [-0.39, 0.29) is 28.7 Å². The highest BCUT2D eigenvalue weighted by molar-refractivity contribution is 5.68. The van der Waals surface area contributed by atoms with Crippen LogP contribution in [-0.2, 0) is 4.74 Å². The Balaban J connectivity index is 1.33. The molecule has 0 radical (unpaired) electrons. The molecule has 0 aromatic heterocycles. The zero-order valence-corrected chi connectivity index (χ0v) is 34.5. The number of rotatable bonds is 18. The molecule has 6 heteroatoms. The van der Waals surface area contributed by atoms with Gasteiger partial charge in [0, 0.05) is 30.6 Å². The maximum Gasteiger partial charge on any atom is 0.410 e. The minimum absolute atomic E-state index is 0.0172. The van der Waals surface area contributed by atoms with Crippen LogP contribution in [0.2, 0.25) is 0 Å². The van der Waals surface area contributed by atoms with Crippen molar-refractivity contribution >= 4 is 6.09 Å². The van der Waals surface area contributed by atoms with E-state index >= 15 is 0 Å². The van der Waals surface area contributed by atoms with Crippen LogP contribution in [-0.4, -0.2) is 54.4 Å². The third-order valence-electron chi connectivity index (χ3n) is 14.8. The molecule has 4 aliphatic carbocycles. The SMILES string of the molecule is CC[C@H](CC[C@@H](C)[C@H]1CC[C@H]2[C@@H]3CC=C4C[C@@H](OC(=O)N(CCCCNCCC(C)(C)N)CCC(C)(C)N)CC[C@]4(C)[C@H]3CC[C@]12C)C(C)C. The van der Waals surface area contributed by atoms with Gasteiger partial charge in [0.2, 0.25) is 0 Å². The summed E-state index contributed by atoms with van der Waals surface area (Å²) in [5, 5.41) is 3.51. The predicted molar refractivity (Wildman–Crippen MR) is 212 cm³/mol. The van der Waals surface area contributed by atoms with Gasteiger partial charge in [-0.2, -0.15) is 0 Å². The van der Waals surface area contributed by atoms with E-state index in [4.69, 9.17) is 16.2 Å². The molecule has 0 aliphatic heterocycles. The van der Waals surface area contributed by atoms with E-state index in [9.17, 15) is 4.79 Å². The summed E-state index contributed by atoms with van der Waals surface area (Å²) in [5.74, 6) is 5.88. The minimum Gasteiger partial charge on any atom is -0.446 e. The quantitative estimate of drug-likeness (QED) is 0.0979. The van der Waals surface area contributed by atoms with Gasteiger partial charge in [-0.15, -0.1) is 0 Å². The summed E-state index contributed by atoms with van der Waals surface area (Å²) in [6.07, 6.45) is 20.2. The maximum atomic E-state index is 13.7. The van der Waals surface area contributed by atoms with Gasteiger partial charge in [-0.1, -0.05) is 66.0 Å². The second-order valence-electron chi connectivity index (χ2n) is 20.1. The number of hydrogen-bond acceptors (Lipinski definition) is 5. The van der Waals surface area contributed by atoms with Crippen LogP contribution in [0.15, 0.2) is 11.6 Å². The Hall–Kier alpha value is -1.11. The van der Waals surface area contributed by atoms with Gasteiger partial charge in [-0.3, -0.25) is 0 Å². The Bertz CT molecular complexity index is 1110. The molecular formula is C44H82N4O2. The predicted octanol–water partition coefficient (Wildman–Crippen LogP) is 10.1. The molecule has 4 rings (SSSR count). The molecule has 0 bridgehead atoms. The number of allylic oxidation sites excluding steroid dienone is 1. The lowest BCUT2D eigenvalue weighted by atomic mass is 9.47. The highest BCUT2D eigenvalue weighted by Gasteiger charge is 2.59. The Morgan fingerprint density at radius 2 is 1.66 bits per heavy atom. The van der Waals surface area contributed by atoms with Gasteiger partial charge in [0.1, 0.15) is 6.10 Å². The minimum atomic E-state index is -0.315. The van der Waals surface area contributed by atoms with Crippen LogP contribution in [0.5, 0.6) is 0 Å². The first-order valence-electron chi connectivity index (χ1n) is 21.3. The van der Waals surface area contributed by atoms with Gasteiger partial charge >= 0.3 is 6.09 Å². The van der Waals surface area contributed by atoms with E-state index in [0.29, 0.717) is 18.5 Å². The fourth-order valence-electron chi connectivity index (χ4n) is 11.4. The van der Waals surface area contributed by atoms with E-state index in [0.717, 1.165) is 99.5 Å². The smallest absolute Gasteiger partial charge is 0.410 e. The number of carbonyl (C=O) groups excluding carboxylic acids is 1. The monoisotopic (exact) mass is 699 g/mol. The Labute approximate surface area is 309 Å². The van der Waals surface area contributed by atoms with Gasteiger partial charge in [-0.25, -0.2) is 4.79 Å². The molecule has 290 valence electrons. The molecule has 3 fully saturated rings. The van der Waals surface area contributed by atoms with Gasteiger partial charge in [0.15, 0.2) is 0 Å². The summed E-state index contributed by atoms with van der Waals surface area (Å²) in [6.45, 7) is 26.6. The first-order valence-corrected chi connectivity index (χ1v) is 21.3. The van der Waals surface area contributed by atoms with E-state index in [1.165, 1.54) is 51.4 Å². The Kier molecular flexibility index (Phi) is 14.5. The average Bonchev–Trinajstić information content (AvgIpc) is 3.38. The number of nitrogens with two attached hydrogens (primary N) is 2. The molecule has 0 spiro atoms. The van der Waals surface area contributed by atoms with Gasteiger partial charge < -0.3 is 26.4 Å². The number of hydrogen-bond donors (Lipinski definition) is 3. The fraction of sp³-hybridized carbons (Fsp3) is 0.932. The number of unbranched alkanes of at least 4 members (excludes halogenated alkanes) is 1. The number of nitrogens with zero attached hydrogens (tertiary/aromatic N) is 1. The lowest BCUT2D eigenvalue weighted by Crippen LogP contribution is -2.51. The molecule has 0 unspecified atom stereocenters. The Morgan fingerprint density at radius 1 is 0.940 bits per heavy atom. The number of ether oxygens (including phenoxy) is 1. The summed E-state index contributed by atoms with van der Waals surface area (Å²) in [6, 6.07) is 0. The third-order valence-corrected chi connectivity index (χ3v) is 14.8. The molecule has 4 aliphatic rings. The molecule has 0 heterocycles. The Morgan fingerprint density at radius 3 is 2.32 bits per heavy atom. The van der Waals surface area contributed by atoms with Crippen molar-refractivity contribution in [1.82, 2.24) is 10.2 Å². The number of nitrogens with one attached hydrogen (secondary N) is 1. The molecule has 50 heavy (non-hydrogen) atoms. The molecule has 3 saturated carbocycles. The van der Waals surface area contributed by atoms with Gasteiger partial charge in [0.05, 0.1) is 0 Å². The number of amides is 1. The van der Waals surface area contributed by atoms with E-state index in [1.807, 2.05) is 18.7 Å². The van der Waals surface area contributed by atoms with E-state index in [2.05, 4.69) is 66.8 Å². The zero-order chi connectivity index (χ0) is 36.9. The normalized spacial score (nSPS) is 32.5. The molecule has 5 N–H and O–H groups in total. The second kappa shape index (κ2) is 17.4. The van der Waals surface area contributed by atoms with Crippen molar-refractivity contribution in [2.45, 2.75) is 183 Å². The van der Waals surface area contributed by atoms with Crippen molar-refractivity contribution in [1.29, 1.82) is 0 Å². The molecule has 0 aromatic rings. The van der Waals surface area contributed by atoms with Crippen molar-refractivity contribution < 1.29 is 9.53 Å². The maximum absolute atomic E-state index is 13.7. The standard InChI is InChI=1S/C44H82N4O2/c1-11-33(31(2)3)15-14-32(4)37-18-19-38-36-17-16-34-30-35(20-22-43(34,9)39(36)21-23-44(37,38)10)50-40(49)48(29-25-42(7,8)46)28-13-12-26-47-27-24-41(5,6)45/h16,31-33,35-39,47H,11-15,17-30,45-46H2,1-10H3/t32-,33-,35+,36+,37-,38+,39+,43+,44-/m1/s1. The summed E-state index contributed by atoms with van der Waals surface area (Å²) in [7, 11) is 0. The highest BCUT2D eigenvalue weighted by Crippen LogP contribution is 2.67. The van der Waals surface area contributed by atoms with Crippen LogP contribution in [0.1, 0.15) is 166 Å². The van der Waals surface area contributed by atoms with Gasteiger partial charge in [-0.05, 0) is 170 Å². The third kappa shape index (κ3) is 10.5. The van der Waals surface area contributed by atoms with E-state index < -0.39 is 0 Å². The van der Waals surface area contributed by atoms with Crippen molar-refractivity contribution in [3.63, 3.8) is 0 Å². The van der Waals surface area contributed by atoms with Crippen molar-refractivity contribution in [3.8, 4) is 0 Å². The molecule has 0 saturated heterocycles. The van der Waals surface area contributed by atoms with Crippen molar-refractivity contribution in [2.75, 3.05) is 26.2 Å². The lowest BCUT2D eigenvalue weighted by molar-refractivity contribution is -0.0596. The van der Waals surface area contributed by atoms with Crippen LogP contribution >= 0.6 is 0 Å². The molecule has 9 atom stereocenters. The van der Waals surface area contributed by atoms with E-state index in [1.54, 1.807) is 5.57 Å². The van der Waals surface area contributed by atoms with Crippen LogP contribution in [0.25, 0.3) is 0 Å². The van der Waals surface area contributed by atoms with Crippen LogP contribution in [0.4, 0.5) is 4.79 Å². The fourth-order valence-corrected chi connectivity index (χ4v) is 11.4. The second-order valence-corrected chi connectivity index (χ2v) is 20.1. The van der Waals surface area contributed by atoms with Crippen LogP contribution in [0, 0.1) is 52.3 Å². The first-order chi connectivity index (χ1) is 23.4. The molecular weight excluding hydrogens is 617 g/mol. The topological polar surface area (TPSA) is 93.6 Å². The van der Waals surface area contributed by atoms with Gasteiger partial charge in [0.25, 0.3) is 0 Å². The number of fused-ring (bicyclic) bond motifs is 5. The summed E-state index contributed by atoms with van der Waals surface area (Å²) in [5.41, 5.74) is 14.4. The molecule has 0 aromatic carbocycles. The lowest BCUT2D eigenvalue weighted by Gasteiger charge is -2.58. The van der Waals surface area contributed by atoms with Crippen molar-refractivity contribution in [3.05, 3.63) is 11.6 Å². The summed E-state index contributed by atoms with van der Waals surface area (Å²) in [4.78, 5) is 15.6. The first kappa shape index (κ1) is 41.6. The highest BCUT2D eigenvalue weighted by atomic mass is 16.6. The summed E-state index contributed by atoms with van der Waals surface area (Å²) >= 11 is 0. The average molecular weight is 699 g/mol.